The number of hydrogen-bond acceptors (Lipinski definition) is 4. The summed E-state index contributed by atoms with van der Waals surface area (Å²) >= 11 is 1.41. The Morgan fingerprint density at radius 2 is 2.04 bits per heavy atom. The summed E-state index contributed by atoms with van der Waals surface area (Å²) in [7, 11) is 1.54. The maximum absolute atomic E-state index is 13.3. The van der Waals surface area contributed by atoms with E-state index in [1.807, 2.05) is 24.4 Å². The smallest absolute Gasteiger partial charge is 0.283 e. The molecule has 3 nitrogen and oxygen atoms in total. The molecule has 2 aromatic heterocycles. The van der Waals surface area contributed by atoms with E-state index in [-0.39, 0.29) is 5.56 Å². The SMILES string of the molecule is Cc1ccc(-c2csc(Nc3cccc(C(F)(F)P)c3)n2)cn1. The van der Waals surface area contributed by atoms with Gasteiger partial charge >= 0.3 is 0 Å². The average molecular weight is 349 g/mol. The Bertz CT molecular complexity index is 813. The molecule has 118 valence electrons. The highest BCUT2D eigenvalue weighted by Crippen LogP contribution is 2.36. The van der Waals surface area contributed by atoms with E-state index in [0.717, 1.165) is 17.0 Å². The van der Waals surface area contributed by atoms with Crippen molar-refractivity contribution in [1.82, 2.24) is 9.97 Å². The van der Waals surface area contributed by atoms with Crippen molar-refractivity contribution in [1.29, 1.82) is 0 Å². The molecule has 3 rings (SSSR count). The molecule has 0 aliphatic heterocycles. The zero-order valence-electron chi connectivity index (χ0n) is 12.3. The van der Waals surface area contributed by atoms with Gasteiger partial charge in [-0.25, -0.2) is 4.98 Å². The number of alkyl halides is 2. The van der Waals surface area contributed by atoms with Gasteiger partial charge in [-0.15, -0.1) is 11.3 Å². The van der Waals surface area contributed by atoms with Crippen LogP contribution in [0.3, 0.4) is 0 Å². The predicted molar refractivity (Wildman–Crippen MR) is 93.4 cm³/mol. The van der Waals surface area contributed by atoms with Gasteiger partial charge in [0.25, 0.3) is 5.66 Å². The van der Waals surface area contributed by atoms with Crippen LogP contribution in [-0.2, 0) is 5.66 Å². The van der Waals surface area contributed by atoms with Crippen molar-refractivity contribution in [2.75, 3.05) is 5.32 Å². The summed E-state index contributed by atoms with van der Waals surface area (Å²) in [5.74, 6) is 0. The first-order chi connectivity index (χ1) is 10.9. The summed E-state index contributed by atoms with van der Waals surface area (Å²) in [4.78, 5) is 8.72. The van der Waals surface area contributed by atoms with Crippen molar-refractivity contribution in [2.24, 2.45) is 0 Å². The minimum Gasteiger partial charge on any atom is -0.332 e. The molecule has 1 N–H and O–H groups in total. The molecule has 0 saturated carbocycles. The number of thiazole rings is 1. The number of pyridine rings is 1. The molecule has 0 spiro atoms. The van der Waals surface area contributed by atoms with E-state index in [1.165, 1.54) is 23.5 Å². The second-order valence-electron chi connectivity index (χ2n) is 5.05. The lowest BCUT2D eigenvalue weighted by atomic mass is 10.2. The van der Waals surface area contributed by atoms with Gasteiger partial charge in [-0.05, 0) is 31.2 Å². The topological polar surface area (TPSA) is 37.8 Å². The van der Waals surface area contributed by atoms with E-state index in [4.69, 9.17) is 0 Å². The third-order valence-electron chi connectivity index (χ3n) is 3.21. The van der Waals surface area contributed by atoms with Gasteiger partial charge in [0.15, 0.2) is 5.13 Å². The first-order valence-electron chi connectivity index (χ1n) is 6.84. The Hall–Kier alpha value is -1.91. The van der Waals surface area contributed by atoms with E-state index in [1.54, 1.807) is 27.6 Å². The summed E-state index contributed by atoms with van der Waals surface area (Å²) in [5, 5.41) is 5.61. The van der Waals surface area contributed by atoms with Gasteiger partial charge in [0, 0.05) is 34.1 Å². The molecule has 0 saturated heterocycles. The first-order valence-corrected chi connectivity index (χ1v) is 8.30. The molecule has 0 aliphatic carbocycles. The molecule has 1 unspecified atom stereocenters. The largest absolute Gasteiger partial charge is 0.332 e. The Labute approximate surface area is 139 Å². The maximum atomic E-state index is 13.3. The van der Waals surface area contributed by atoms with Crippen LogP contribution in [0.4, 0.5) is 19.6 Å². The lowest BCUT2D eigenvalue weighted by Gasteiger charge is -2.12. The second-order valence-corrected chi connectivity index (χ2v) is 6.64. The zero-order valence-corrected chi connectivity index (χ0v) is 14.2. The van der Waals surface area contributed by atoms with Gasteiger partial charge in [-0.3, -0.25) is 4.98 Å². The highest BCUT2D eigenvalue weighted by atomic mass is 32.1. The van der Waals surface area contributed by atoms with Crippen molar-refractivity contribution >= 4 is 31.4 Å². The van der Waals surface area contributed by atoms with Crippen molar-refractivity contribution < 1.29 is 8.78 Å². The predicted octanol–water partition coefficient (Wildman–Crippen LogP) is 5.18. The molecular formula is C16H14F2N3PS. The summed E-state index contributed by atoms with van der Waals surface area (Å²) in [6, 6.07) is 10.0. The van der Waals surface area contributed by atoms with Gasteiger partial charge in [-0.2, -0.15) is 8.78 Å². The zero-order chi connectivity index (χ0) is 16.4. The van der Waals surface area contributed by atoms with E-state index in [0.29, 0.717) is 10.8 Å². The van der Waals surface area contributed by atoms with Crippen LogP contribution in [0.25, 0.3) is 11.3 Å². The van der Waals surface area contributed by atoms with Crippen LogP contribution >= 0.6 is 20.6 Å². The number of halogens is 2. The molecule has 0 radical (unpaired) electrons. The maximum Gasteiger partial charge on any atom is 0.283 e. The number of nitrogens with zero attached hydrogens (tertiary/aromatic N) is 2. The van der Waals surface area contributed by atoms with Crippen LogP contribution in [0.5, 0.6) is 0 Å². The Morgan fingerprint density at radius 1 is 1.22 bits per heavy atom. The van der Waals surface area contributed by atoms with E-state index >= 15 is 0 Å². The second kappa shape index (κ2) is 6.30. The van der Waals surface area contributed by atoms with E-state index in [2.05, 4.69) is 15.3 Å². The summed E-state index contributed by atoms with van der Waals surface area (Å²) in [5.41, 5.74) is 0.235. The minimum atomic E-state index is -2.95. The van der Waals surface area contributed by atoms with Gasteiger partial charge in [0.2, 0.25) is 0 Å². The van der Waals surface area contributed by atoms with Crippen molar-refractivity contribution in [3.05, 3.63) is 59.2 Å². The van der Waals surface area contributed by atoms with E-state index < -0.39 is 5.66 Å². The number of anilines is 2. The molecule has 0 aliphatic rings. The van der Waals surface area contributed by atoms with Crippen LogP contribution in [0.2, 0.25) is 0 Å². The van der Waals surface area contributed by atoms with Gasteiger partial charge < -0.3 is 5.32 Å². The summed E-state index contributed by atoms with van der Waals surface area (Å²) in [6.07, 6.45) is 1.77. The molecule has 1 atom stereocenters. The standard InChI is InChI=1S/C16H14F2N3PS/c1-10-5-6-11(8-19-10)14-9-23-15(21-14)20-13-4-2-3-12(7-13)16(17,18)22/h2-9H,22H2,1H3,(H,20,21). The highest BCUT2D eigenvalue weighted by molar-refractivity contribution is 7.17. The Kier molecular flexibility index (Phi) is 4.37. The fraction of sp³-hybridized carbons (Fsp3) is 0.125. The van der Waals surface area contributed by atoms with Crippen LogP contribution < -0.4 is 5.32 Å². The van der Waals surface area contributed by atoms with Gasteiger partial charge in [0.05, 0.1) is 5.69 Å². The molecule has 1 aromatic carbocycles. The number of aromatic nitrogens is 2. The summed E-state index contributed by atoms with van der Waals surface area (Å²) in [6.45, 7) is 1.92. The van der Waals surface area contributed by atoms with Gasteiger partial charge in [-0.1, -0.05) is 21.4 Å². The van der Waals surface area contributed by atoms with Crippen LogP contribution in [0.15, 0.2) is 48.0 Å². The molecule has 0 bridgehead atoms. The fourth-order valence-electron chi connectivity index (χ4n) is 2.01. The van der Waals surface area contributed by atoms with Crippen molar-refractivity contribution in [2.45, 2.75) is 12.6 Å². The Balaban J connectivity index is 1.81. The van der Waals surface area contributed by atoms with Gasteiger partial charge in [0.1, 0.15) is 0 Å². The van der Waals surface area contributed by atoms with Crippen LogP contribution in [-0.4, -0.2) is 9.97 Å². The van der Waals surface area contributed by atoms with Crippen LogP contribution in [0.1, 0.15) is 11.3 Å². The molecule has 0 fully saturated rings. The molecular weight excluding hydrogens is 335 g/mol. The lowest BCUT2D eigenvalue weighted by molar-refractivity contribution is 0.104. The minimum absolute atomic E-state index is 0.0629. The van der Waals surface area contributed by atoms with Crippen molar-refractivity contribution in [3.8, 4) is 11.3 Å². The number of aryl methyl sites for hydroxylation is 1. The number of hydrogen-bond donors (Lipinski definition) is 1. The normalized spacial score (nSPS) is 11.5. The van der Waals surface area contributed by atoms with E-state index in [9.17, 15) is 8.78 Å². The number of nitrogens with one attached hydrogen (secondary N) is 1. The number of rotatable bonds is 4. The highest BCUT2D eigenvalue weighted by Gasteiger charge is 2.24. The molecule has 23 heavy (non-hydrogen) atoms. The third kappa shape index (κ3) is 3.89. The molecule has 7 heteroatoms. The lowest BCUT2D eigenvalue weighted by Crippen LogP contribution is -2.02. The summed E-state index contributed by atoms with van der Waals surface area (Å²) < 4.78 is 26.7. The third-order valence-corrected chi connectivity index (χ3v) is 4.30. The quantitative estimate of drug-likeness (QED) is 0.660. The monoisotopic (exact) mass is 349 g/mol. The molecule has 3 aromatic rings. The number of benzene rings is 1. The van der Waals surface area contributed by atoms with Crippen molar-refractivity contribution in [3.63, 3.8) is 0 Å². The Morgan fingerprint density at radius 3 is 2.74 bits per heavy atom. The average Bonchev–Trinajstić information content (AvgIpc) is 2.96. The first kappa shape index (κ1) is 16.0. The van der Waals surface area contributed by atoms with Crippen LogP contribution in [0, 0.1) is 6.92 Å². The molecule has 2 heterocycles. The molecule has 0 amide bonds. The fourth-order valence-corrected chi connectivity index (χ4v) is 2.93.